The van der Waals surface area contributed by atoms with Gasteiger partial charge in [-0.25, -0.2) is 13.8 Å². The molecule has 2 aromatic rings. The number of nitrogens with one attached hydrogen (secondary N) is 3. The molecule has 3 amide bonds. The molecule has 1 unspecified atom stereocenters. The van der Waals surface area contributed by atoms with E-state index in [0.717, 1.165) is 35.7 Å². The molecule has 182 valence electrons. The second kappa shape index (κ2) is 10.9. The van der Waals surface area contributed by atoms with Crippen molar-refractivity contribution < 1.29 is 23.2 Å². The molecular formula is C21H24F2N6O3S2. The highest BCUT2D eigenvalue weighted by atomic mass is 32.1. The van der Waals surface area contributed by atoms with Crippen LogP contribution in [0.25, 0.3) is 0 Å². The number of anilines is 1. The van der Waals surface area contributed by atoms with Crippen molar-refractivity contribution in [1.29, 1.82) is 0 Å². The Morgan fingerprint density at radius 3 is 2.71 bits per heavy atom. The number of aromatic nitrogens is 1. The van der Waals surface area contributed by atoms with E-state index in [4.69, 9.17) is 12.2 Å². The summed E-state index contributed by atoms with van der Waals surface area (Å²) in [5.41, 5.74) is 0.635. The number of carbonyl (C=O) groups is 3. The molecule has 0 fully saturated rings. The summed E-state index contributed by atoms with van der Waals surface area (Å²) in [6, 6.07) is 1.64. The highest BCUT2D eigenvalue weighted by Crippen LogP contribution is 2.24. The van der Waals surface area contributed by atoms with E-state index in [0.29, 0.717) is 12.6 Å². The first-order valence-electron chi connectivity index (χ1n) is 10.3. The highest BCUT2D eigenvalue weighted by molar-refractivity contribution is 7.82. The van der Waals surface area contributed by atoms with E-state index in [9.17, 15) is 23.2 Å². The van der Waals surface area contributed by atoms with Crippen molar-refractivity contribution in [3.8, 4) is 0 Å². The molecule has 0 saturated heterocycles. The lowest BCUT2D eigenvalue weighted by atomic mass is 10.2. The number of nitrogens with zero attached hydrogens (tertiary/aromatic N) is 3. The van der Waals surface area contributed by atoms with Crippen LogP contribution in [0.2, 0.25) is 0 Å². The maximum absolute atomic E-state index is 13.8. The molecule has 2 heterocycles. The molecular weight excluding hydrogens is 486 g/mol. The predicted molar refractivity (Wildman–Crippen MR) is 128 cm³/mol. The maximum Gasteiger partial charge on any atom is 0.283 e. The minimum atomic E-state index is -1.04. The van der Waals surface area contributed by atoms with Crippen LogP contribution in [0.3, 0.4) is 0 Å². The van der Waals surface area contributed by atoms with Crippen molar-refractivity contribution in [2.75, 3.05) is 39.5 Å². The van der Waals surface area contributed by atoms with Gasteiger partial charge in [-0.2, -0.15) is 0 Å². The SMILES string of the molecule is CN1CCc2nc(C(=O)NC(CNC(=S)C(=O)Nc3ccc(F)cc3F)C(=O)N(C)C)sc2C1. The molecule has 3 rings (SSSR count). The number of hydrogen-bond donors (Lipinski definition) is 3. The van der Waals surface area contributed by atoms with E-state index >= 15 is 0 Å². The highest BCUT2D eigenvalue weighted by Gasteiger charge is 2.27. The molecule has 1 aliphatic heterocycles. The molecule has 0 spiro atoms. The Morgan fingerprint density at radius 1 is 1.29 bits per heavy atom. The third-order valence-electron chi connectivity index (χ3n) is 5.01. The molecule has 1 atom stereocenters. The Morgan fingerprint density at radius 2 is 2.03 bits per heavy atom. The third kappa shape index (κ3) is 6.30. The van der Waals surface area contributed by atoms with Gasteiger partial charge in [-0.3, -0.25) is 14.4 Å². The molecule has 0 bridgehead atoms. The number of likely N-dealkylation sites (N-methyl/N-ethyl adjacent to an activating group) is 2. The van der Waals surface area contributed by atoms with Crippen LogP contribution < -0.4 is 16.0 Å². The molecule has 1 aromatic carbocycles. The summed E-state index contributed by atoms with van der Waals surface area (Å²) in [7, 11) is 5.05. The lowest BCUT2D eigenvalue weighted by Gasteiger charge is -2.22. The van der Waals surface area contributed by atoms with Crippen molar-refractivity contribution in [3.63, 3.8) is 0 Å². The van der Waals surface area contributed by atoms with Crippen molar-refractivity contribution in [2.45, 2.75) is 19.0 Å². The first-order chi connectivity index (χ1) is 16.0. The van der Waals surface area contributed by atoms with Crippen LogP contribution in [0.5, 0.6) is 0 Å². The van der Waals surface area contributed by atoms with Crippen LogP contribution in [0.15, 0.2) is 18.2 Å². The van der Waals surface area contributed by atoms with Gasteiger partial charge >= 0.3 is 0 Å². The third-order valence-corrected chi connectivity index (χ3v) is 6.42. The van der Waals surface area contributed by atoms with E-state index in [-0.39, 0.29) is 22.2 Å². The molecule has 1 aliphatic rings. The van der Waals surface area contributed by atoms with E-state index < -0.39 is 35.4 Å². The summed E-state index contributed by atoms with van der Waals surface area (Å²) in [5, 5.41) is 7.75. The van der Waals surface area contributed by atoms with Crippen molar-refractivity contribution >= 4 is 52.0 Å². The topological polar surface area (TPSA) is 107 Å². The summed E-state index contributed by atoms with van der Waals surface area (Å²) in [6.45, 7) is 1.37. The molecule has 9 nitrogen and oxygen atoms in total. The standard InChI is InChI=1S/C21H24F2N6O3S2/c1-28(2)21(32)15(26-18(31)20-27-14-6-7-29(3)10-16(14)34-20)9-24-19(33)17(30)25-13-5-4-11(22)8-12(13)23/h4-5,8,15H,6-7,9-10H2,1-3H3,(H,24,33)(H,25,30)(H,26,31). The van der Waals surface area contributed by atoms with Crippen LogP contribution in [-0.2, 0) is 22.6 Å². The monoisotopic (exact) mass is 510 g/mol. The number of rotatable bonds is 6. The Hall–Kier alpha value is -3.03. The molecule has 0 saturated carbocycles. The second-order valence-electron chi connectivity index (χ2n) is 7.92. The Balaban J connectivity index is 1.63. The lowest BCUT2D eigenvalue weighted by molar-refractivity contribution is -0.130. The summed E-state index contributed by atoms with van der Waals surface area (Å²) < 4.78 is 26.8. The van der Waals surface area contributed by atoms with Crippen molar-refractivity contribution in [1.82, 2.24) is 25.4 Å². The Bertz CT molecular complexity index is 1120. The van der Waals surface area contributed by atoms with Gasteiger partial charge in [0, 0.05) is 51.1 Å². The van der Waals surface area contributed by atoms with Crippen LogP contribution in [-0.4, -0.2) is 77.8 Å². The average molecular weight is 511 g/mol. The fourth-order valence-electron chi connectivity index (χ4n) is 3.20. The second-order valence-corrected chi connectivity index (χ2v) is 9.42. The minimum absolute atomic E-state index is 0.186. The van der Waals surface area contributed by atoms with Crippen LogP contribution in [0.1, 0.15) is 20.4 Å². The fourth-order valence-corrected chi connectivity index (χ4v) is 4.42. The van der Waals surface area contributed by atoms with E-state index in [2.05, 4.69) is 25.8 Å². The van der Waals surface area contributed by atoms with Gasteiger partial charge < -0.3 is 25.8 Å². The largest absolute Gasteiger partial charge is 0.369 e. The van der Waals surface area contributed by atoms with Crippen LogP contribution in [0, 0.1) is 11.6 Å². The Kier molecular flexibility index (Phi) is 8.23. The zero-order valence-corrected chi connectivity index (χ0v) is 20.4. The van der Waals surface area contributed by atoms with E-state index in [1.807, 2.05) is 7.05 Å². The Labute approximate surface area is 204 Å². The fraction of sp³-hybridized carbons (Fsp3) is 0.381. The number of fused-ring (bicyclic) bond motifs is 1. The normalized spacial score (nSPS) is 14.0. The zero-order chi connectivity index (χ0) is 25.0. The number of thiocarbonyl (C=S) groups is 1. The zero-order valence-electron chi connectivity index (χ0n) is 18.8. The van der Waals surface area contributed by atoms with Crippen molar-refractivity contribution in [3.05, 3.63) is 45.4 Å². The van der Waals surface area contributed by atoms with Gasteiger partial charge in [0.15, 0.2) is 10.00 Å². The summed E-state index contributed by atoms with van der Waals surface area (Å²) >= 11 is 6.30. The van der Waals surface area contributed by atoms with Crippen LogP contribution >= 0.6 is 23.6 Å². The maximum atomic E-state index is 13.8. The summed E-state index contributed by atoms with van der Waals surface area (Å²) in [4.78, 5) is 46.2. The van der Waals surface area contributed by atoms with Gasteiger partial charge in [-0.15, -0.1) is 11.3 Å². The summed E-state index contributed by atoms with van der Waals surface area (Å²) in [6.07, 6.45) is 0.745. The minimum Gasteiger partial charge on any atom is -0.369 e. The molecule has 0 radical (unpaired) electrons. The molecule has 13 heteroatoms. The van der Waals surface area contributed by atoms with Gasteiger partial charge in [0.25, 0.3) is 11.8 Å². The number of halogens is 2. The molecule has 0 aliphatic carbocycles. The van der Waals surface area contributed by atoms with Crippen molar-refractivity contribution in [2.24, 2.45) is 0 Å². The van der Waals surface area contributed by atoms with Gasteiger partial charge in [-0.05, 0) is 19.2 Å². The van der Waals surface area contributed by atoms with Gasteiger partial charge in [0.2, 0.25) is 5.91 Å². The lowest BCUT2D eigenvalue weighted by Crippen LogP contribution is -2.53. The molecule has 1 aromatic heterocycles. The molecule has 3 N–H and O–H groups in total. The average Bonchev–Trinajstić information content (AvgIpc) is 3.20. The first-order valence-corrected chi connectivity index (χ1v) is 11.5. The number of thiazole rings is 1. The summed E-state index contributed by atoms with van der Waals surface area (Å²) in [5.74, 6) is -3.52. The quantitative estimate of drug-likeness (QED) is 0.501. The smallest absolute Gasteiger partial charge is 0.283 e. The van der Waals surface area contributed by atoms with Crippen LogP contribution in [0.4, 0.5) is 14.5 Å². The number of benzene rings is 1. The van der Waals surface area contributed by atoms with Gasteiger partial charge in [0.05, 0.1) is 11.4 Å². The molecule has 34 heavy (non-hydrogen) atoms. The van der Waals surface area contributed by atoms with Gasteiger partial charge in [0.1, 0.15) is 17.7 Å². The number of amides is 3. The first kappa shape index (κ1) is 25.6. The number of carbonyl (C=O) groups excluding carboxylic acids is 3. The van der Waals surface area contributed by atoms with E-state index in [1.54, 1.807) is 0 Å². The predicted octanol–water partition coefficient (Wildman–Crippen LogP) is 1.15. The number of hydrogen-bond acceptors (Lipinski definition) is 7. The van der Waals surface area contributed by atoms with Gasteiger partial charge in [-0.1, -0.05) is 12.2 Å². The van der Waals surface area contributed by atoms with E-state index in [1.165, 1.54) is 30.3 Å².